The van der Waals surface area contributed by atoms with Gasteiger partial charge in [-0.15, -0.1) is 0 Å². The molecule has 8 nitrogen and oxygen atoms in total. The number of nitrogens with zero attached hydrogens (tertiary/aromatic N) is 2. The van der Waals surface area contributed by atoms with E-state index in [1.807, 2.05) is 0 Å². The van der Waals surface area contributed by atoms with Crippen LogP contribution in [0.3, 0.4) is 0 Å². The molecule has 0 heterocycles. The number of benzene rings is 1. The predicted octanol–water partition coefficient (Wildman–Crippen LogP) is 1.96. The van der Waals surface area contributed by atoms with Crippen LogP contribution in [-0.2, 0) is 4.79 Å². The van der Waals surface area contributed by atoms with E-state index in [1.54, 1.807) is 0 Å². The Hall–Kier alpha value is -2.58. The first-order chi connectivity index (χ1) is 8.36. The van der Waals surface area contributed by atoms with Gasteiger partial charge < -0.3 is 4.74 Å². The number of hydrogen-bond donors (Lipinski definition) is 0. The van der Waals surface area contributed by atoms with Crippen LogP contribution in [-0.4, -0.2) is 15.8 Å². The van der Waals surface area contributed by atoms with Gasteiger partial charge in [0.05, 0.1) is 9.85 Å². The number of carbonyl (C=O) groups excluding carboxylic acids is 1. The van der Waals surface area contributed by atoms with Crippen molar-refractivity contribution >= 4 is 17.3 Å². The summed E-state index contributed by atoms with van der Waals surface area (Å²) in [5.41, 5.74) is -1.90. The van der Waals surface area contributed by atoms with Crippen molar-refractivity contribution in [2.24, 2.45) is 0 Å². The topological polar surface area (TPSA) is 113 Å². The Kier molecular flexibility index (Phi) is 3.87. The van der Waals surface area contributed by atoms with Gasteiger partial charge in [-0.2, -0.15) is 4.39 Å². The van der Waals surface area contributed by atoms with Crippen LogP contribution in [0.2, 0.25) is 0 Å². The Bertz CT molecular complexity index is 530. The van der Waals surface area contributed by atoms with Crippen molar-refractivity contribution in [1.82, 2.24) is 0 Å². The van der Waals surface area contributed by atoms with Crippen LogP contribution in [0.25, 0.3) is 0 Å². The summed E-state index contributed by atoms with van der Waals surface area (Å²) < 4.78 is 17.8. The quantitative estimate of drug-likeness (QED) is 0.353. The molecule has 0 saturated heterocycles. The minimum Gasteiger partial charge on any atom is -0.419 e. The van der Waals surface area contributed by atoms with Gasteiger partial charge in [0.2, 0.25) is 11.6 Å². The molecule has 0 unspecified atom stereocenters. The maximum atomic E-state index is 13.2. The van der Waals surface area contributed by atoms with E-state index in [4.69, 9.17) is 0 Å². The maximum absolute atomic E-state index is 13.2. The molecule has 0 aromatic heterocycles. The molecule has 0 aliphatic rings. The van der Waals surface area contributed by atoms with Crippen molar-refractivity contribution in [2.45, 2.75) is 13.3 Å². The molecule has 0 fully saturated rings. The van der Waals surface area contributed by atoms with Gasteiger partial charge in [-0.05, 0) is 0 Å². The highest BCUT2D eigenvalue weighted by Crippen LogP contribution is 2.33. The summed E-state index contributed by atoms with van der Waals surface area (Å²) in [5, 5.41) is 21.1. The first-order valence-electron chi connectivity index (χ1n) is 4.69. The van der Waals surface area contributed by atoms with Crippen molar-refractivity contribution in [3.8, 4) is 5.75 Å². The van der Waals surface area contributed by atoms with Gasteiger partial charge >= 0.3 is 17.3 Å². The summed E-state index contributed by atoms with van der Waals surface area (Å²) in [4.78, 5) is 30.0. The molecule has 0 radical (unpaired) electrons. The standard InChI is InChI=1S/C9H7FN2O6/c1-2-9(13)18-8-3-5(10)6(11(14)15)4-7(8)12(16)17/h3-4H,2H2,1H3. The molecule has 0 bridgehead atoms. The summed E-state index contributed by atoms with van der Waals surface area (Å²) in [7, 11) is 0. The number of rotatable bonds is 4. The molecular weight excluding hydrogens is 251 g/mol. The summed E-state index contributed by atoms with van der Waals surface area (Å²) in [5.74, 6) is -2.79. The lowest BCUT2D eigenvalue weighted by Gasteiger charge is -2.04. The molecule has 18 heavy (non-hydrogen) atoms. The second-order valence-electron chi connectivity index (χ2n) is 3.11. The molecule has 0 amide bonds. The molecule has 0 atom stereocenters. The number of hydrogen-bond acceptors (Lipinski definition) is 6. The summed E-state index contributed by atoms with van der Waals surface area (Å²) in [6, 6.07) is 0.859. The SMILES string of the molecule is CCC(=O)Oc1cc(F)c([N+](=O)[O-])cc1[N+](=O)[O-]. The molecule has 9 heteroatoms. The van der Waals surface area contributed by atoms with Crippen molar-refractivity contribution in [3.05, 3.63) is 38.2 Å². The Morgan fingerprint density at radius 1 is 1.28 bits per heavy atom. The van der Waals surface area contributed by atoms with E-state index in [9.17, 15) is 29.4 Å². The fraction of sp³-hybridized carbons (Fsp3) is 0.222. The molecule has 96 valence electrons. The van der Waals surface area contributed by atoms with Crippen LogP contribution in [0.1, 0.15) is 13.3 Å². The minimum absolute atomic E-state index is 0.0736. The fourth-order valence-electron chi connectivity index (χ4n) is 1.09. The number of nitro benzene ring substituents is 2. The highest BCUT2D eigenvalue weighted by Gasteiger charge is 2.26. The highest BCUT2D eigenvalue weighted by atomic mass is 19.1. The largest absolute Gasteiger partial charge is 0.419 e. The van der Waals surface area contributed by atoms with Crippen LogP contribution in [0.15, 0.2) is 12.1 Å². The summed E-state index contributed by atoms with van der Waals surface area (Å²) >= 11 is 0. The van der Waals surface area contributed by atoms with E-state index in [2.05, 4.69) is 4.74 Å². The van der Waals surface area contributed by atoms with Gasteiger partial charge in [-0.1, -0.05) is 6.92 Å². The molecule has 1 rings (SSSR count). The first kappa shape index (κ1) is 13.5. The molecule has 0 spiro atoms. The van der Waals surface area contributed by atoms with Crippen molar-refractivity contribution in [1.29, 1.82) is 0 Å². The third-order valence-electron chi connectivity index (χ3n) is 1.93. The Morgan fingerprint density at radius 3 is 2.28 bits per heavy atom. The van der Waals surface area contributed by atoms with E-state index in [1.165, 1.54) is 6.92 Å². The zero-order valence-electron chi connectivity index (χ0n) is 9.08. The number of nitro groups is 2. The van der Waals surface area contributed by atoms with Gasteiger partial charge in [-0.25, -0.2) is 0 Å². The molecule has 1 aromatic carbocycles. The van der Waals surface area contributed by atoms with Crippen LogP contribution in [0.4, 0.5) is 15.8 Å². The van der Waals surface area contributed by atoms with E-state index in [0.717, 1.165) is 0 Å². The lowest BCUT2D eigenvalue weighted by Crippen LogP contribution is -2.08. The number of ether oxygens (including phenoxy) is 1. The van der Waals surface area contributed by atoms with Gasteiger partial charge in [0.15, 0.2) is 0 Å². The van der Waals surface area contributed by atoms with Crippen LogP contribution in [0.5, 0.6) is 5.75 Å². The second-order valence-corrected chi connectivity index (χ2v) is 3.11. The second kappa shape index (κ2) is 5.17. The number of esters is 1. The third-order valence-corrected chi connectivity index (χ3v) is 1.93. The van der Waals surface area contributed by atoms with Crippen LogP contribution >= 0.6 is 0 Å². The molecule has 1 aromatic rings. The monoisotopic (exact) mass is 258 g/mol. The summed E-state index contributed by atoms with van der Waals surface area (Å²) in [6.45, 7) is 1.44. The molecule has 0 saturated carbocycles. The lowest BCUT2D eigenvalue weighted by molar-refractivity contribution is -0.396. The Balaban J connectivity index is 3.33. The number of carbonyl (C=O) groups is 1. The number of halogens is 1. The molecule has 0 aliphatic heterocycles. The third kappa shape index (κ3) is 2.75. The highest BCUT2D eigenvalue weighted by molar-refractivity contribution is 5.74. The zero-order chi connectivity index (χ0) is 13.9. The van der Waals surface area contributed by atoms with Gasteiger partial charge in [0, 0.05) is 12.5 Å². The van der Waals surface area contributed by atoms with Gasteiger partial charge in [0.25, 0.3) is 0 Å². The summed E-state index contributed by atoms with van der Waals surface area (Å²) in [6.07, 6.45) is -0.0736. The van der Waals surface area contributed by atoms with E-state index < -0.39 is 38.8 Å². The predicted molar refractivity (Wildman–Crippen MR) is 55.6 cm³/mol. The van der Waals surface area contributed by atoms with Crippen LogP contribution < -0.4 is 4.74 Å². The van der Waals surface area contributed by atoms with Gasteiger partial charge in [-0.3, -0.25) is 25.0 Å². The smallest absolute Gasteiger partial charge is 0.318 e. The normalized spacial score (nSPS) is 9.89. The average Bonchev–Trinajstić information content (AvgIpc) is 2.27. The Morgan fingerprint density at radius 2 is 1.83 bits per heavy atom. The van der Waals surface area contributed by atoms with E-state index in [0.29, 0.717) is 12.1 Å². The van der Waals surface area contributed by atoms with Crippen LogP contribution in [0, 0.1) is 26.0 Å². The molecular formula is C9H7FN2O6. The fourth-order valence-corrected chi connectivity index (χ4v) is 1.09. The zero-order valence-corrected chi connectivity index (χ0v) is 9.08. The van der Waals surface area contributed by atoms with Crippen molar-refractivity contribution in [3.63, 3.8) is 0 Å². The minimum atomic E-state index is -1.32. The van der Waals surface area contributed by atoms with E-state index in [-0.39, 0.29) is 6.42 Å². The lowest BCUT2D eigenvalue weighted by atomic mass is 10.2. The van der Waals surface area contributed by atoms with Crippen molar-refractivity contribution < 1.29 is 23.8 Å². The maximum Gasteiger partial charge on any atom is 0.318 e. The van der Waals surface area contributed by atoms with E-state index >= 15 is 0 Å². The van der Waals surface area contributed by atoms with Gasteiger partial charge in [0.1, 0.15) is 6.07 Å². The average molecular weight is 258 g/mol. The first-order valence-corrected chi connectivity index (χ1v) is 4.69. The molecule has 0 N–H and O–H groups in total. The Labute approximate surface area is 99.3 Å². The molecule has 0 aliphatic carbocycles. The van der Waals surface area contributed by atoms with Crippen molar-refractivity contribution in [2.75, 3.05) is 0 Å².